The number of rotatable bonds is 15. The molecule has 0 aliphatic carbocycles. The average molecular weight is 481 g/mol. The van der Waals surface area contributed by atoms with Crippen LogP contribution in [0.4, 0.5) is 0 Å². The summed E-state index contributed by atoms with van der Waals surface area (Å²) in [5.41, 5.74) is 1.16. The van der Waals surface area contributed by atoms with Crippen LogP contribution in [0, 0.1) is 0 Å². The second kappa shape index (κ2) is 14.6. The van der Waals surface area contributed by atoms with Crippen LogP contribution >= 0.6 is 0 Å². The normalized spacial score (nSPS) is 16.9. The molecule has 2 rings (SSSR count). The molecule has 1 heterocycles. The zero-order chi connectivity index (χ0) is 24.1. The predicted molar refractivity (Wildman–Crippen MR) is 135 cm³/mol. The molecule has 7 heteroatoms. The third-order valence-electron chi connectivity index (χ3n) is 6.35. The van der Waals surface area contributed by atoms with Crippen molar-refractivity contribution in [3.8, 4) is 5.75 Å². The lowest BCUT2D eigenvalue weighted by Crippen LogP contribution is -2.37. The Bertz CT molecular complexity index is 795. The Balaban J connectivity index is 1.72. The number of unbranched alkanes of at least 4 members (excludes halogenated alkanes) is 2. The van der Waals surface area contributed by atoms with E-state index in [2.05, 4.69) is 24.1 Å². The van der Waals surface area contributed by atoms with Gasteiger partial charge in [0.1, 0.15) is 5.75 Å². The highest BCUT2D eigenvalue weighted by Crippen LogP contribution is 2.17. The maximum atomic E-state index is 12.1. The number of benzene rings is 1. The molecule has 1 amide bonds. The second-order valence-electron chi connectivity index (χ2n) is 9.41. The second-order valence-corrected chi connectivity index (χ2v) is 11.1. The van der Waals surface area contributed by atoms with E-state index in [0.717, 1.165) is 76.4 Å². The maximum Gasteiger partial charge on any atom is 0.309 e. The highest BCUT2D eigenvalue weighted by molar-refractivity contribution is 7.87. The van der Waals surface area contributed by atoms with Gasteiger partial charge in [-0.1, -0.05) is 45.2 Å². The highest BCUT2D eigenvalue weighted by atomic mass is 32.2. The first-order chi connectivity index (χ1) is 15.8. The van der Waals surface area contributed by atoms with Gasteiger partial charge < -0.3 is 14.4 Å². The Morgan fingerprint density at radius 1 is 1.06 bits per heavy atom. The van der Waals surface area contributed by atoms with Gasteiger partial charge in [-0.15, -0.1) is 0 Å². The molecule has 1 N–H and O–H groups in total. The van der Waals surface area contributed by atoms with E-state index in [0.29, 0.717) is 30.2 Å². The topological polar surface area (TPSA) is 75.7 Å². The van der Waals surface area contributed by atoms with Crippen LogP contribution in [0.3, 0.4) is 0 Å². The van der Waals surface area contributed by atoms with E-state index < -0.39 is 10.1 Å². The van der Waals surface area contributed by atoms with Crippen LogP contribution in [0.25, 0.3) is 0 Å². The van der Waals surface area contributed by atoms with E-state index in [1.54, 1.807) is 12.1 Å². The molecule has 1 aliphatic heterocycles. The molecule has 1 aliphatic rings. The monoisotopic (exact) mass is 480 g/mol. The van der Waals surface area contributed by atoms with E-state index >= 15 is 0 Å². The minimum Gasteiger partial charge on any atom is -0.382 e. The van der Waals surface area contributed by atoms with Crippen molar-refractivity contribution in [3.63, 3.8) is 0 Å². The Morgan fingerprint density at radius 2 is 1.82 bits per heavy atom. The van der Waals surface area contributed by atoms with Crippen molar-refractivity contribution < 1.29 is 17.4 Å². The van der Waals surface area contributed by atoms with Crippen LogP contribution in [0.5, 0.6) is 5.75 Å². The van der Waals surface area contributed by atoms with E-state index in [1.165, 1.54) is 6.42 Å². The SMILES string of the molecule is CCCCS(=O)(=O)Oc1ccc(CC(C)NC(CC)CCCCN2CCCCCC2=O)cc1. The van der Waals surface area contributed by atoms with Crippen LogP contribution in [0.15, 0.2) is 24.3 Å². The molecule has 0 bridgehead atoms. The number of carbonyl (C=O) groups is 1. The molecule has 1 fully saturated rings. The number of hydrogen-bond donors (Lipinski definition) is 1. The Morgan fingerprint density at radius 3 is 2.52 bits per heavy atom. The largest absolute Gasteiger partial charge is 0.382 e. The summed E-state index contributed by atoms with van der Waals surface area (Å²) >= 11 is 0. The number of nitrogens with one attached hydrogen (secondary N) is 1. The molecule has 1 aromatic carbocycles. The fourth-order valence-corrected chi connectivity index (χ4v) is 5.51. The van der Waals surface area contributed by atoms with Crippen molar-refractivity contribution in [1.29, 1.82) is 0 Å². The number of likely N-dealkylation sites (tertiary alicyclic amines) is 1. The van der Waals surface area contributed by atoms with Crippen LogP contribution in [0.1, 0.15) is 90.5 Å². The fraction of sp³-hybridized carbons (Fsp3) is 0.731. The van der Waals surface area contributed by atoms with Gasteiger partial charge in [0.2, 0.25) is 5.91 Å². The predicted octanol–water partition coefficient (Wildman–Crippen LogP) is 5.07. The smallest absolute Gasteiger partial charge is 0.309 e. The minimum absolute atomic E-state index is 0.0545. The third-order valence-corrected chi connectivity index (χ3v) is 7.59. The first-order valence-electron chi connectivity index (χ1n) is 12.9. The quantitative estimate of drug-likeness (QED) is 0.280. The molecule has 1 saturated heterocycles. The zero-order valence-electron chi connectivity index (χ0n) is 20.9. The van der Waals surface area contributed by atoms with Gasteiger partial charge in [0.05, 0.1) is 5.75 Å². The van der Waals surface area contributed by atoms with Gasteiger partial charge in [-0.2, -0.15) is 8.42 Å². The summed E-state index contributed by atoms with van der Waals surface area (Å²) in [6.07, 6.45) is 10.8. The molecule has 0 aromatic heterocycles. The maximum absolute atomic E-state index is 12.1. The van der Waals surface area contributed by atoms with Gasteiger partial charge in [0.25, 0.3) is 0 Å². The summed E-state index contributed by atoms with van der Waals surface area (Å²) in [5, 5.41) is 3.74. The van der Waals surface area contributed by atoms with Crippen molar-refractivity contribution in [1.82, 2.24) is 10.2 Å². The number of carbonyl (C=O) groups excluding carboxylic acids is 1. The summed E-state index contributed by atoms with van der Waals surface area (Å²) < 4.78 is 29.1. The lowest BCUT2D eigenvalue weighted by Gasteiger charge is -2.24. The molecule has 0 spiro atoms. The van der Waals surface area contributed by atoms with Gasteiger partial charge in [0.15, 0.2) is 0 Å². The number of nitrogens with zero attached hydrogens (tertiary/aromatic N) is 1. The van der Waals surface area contributed by atoms with Crippen molar-refractivity contribution in [2.45, 2.75) is 103 Å². The van der Waals surface area contributed by atoms with Crippen molar-refractivity contribution in [2.24, 2.45) is 0 Å². The molecule has 0 saturated carbocycles. The van der Waals surface area contributed by atoms with Gasteiger partial charge in [-0.3, -0.25) is 4.79 Å². The van der Waals surface area contributed by atoms with Crippen LogP contribution in [-0.4, -0.2) is 50.2 Å². The minimum atomic E-state index is -3.51. The lowest BCUT2D eigenvalue weighted by atomic mass is 10.0. The van der Waals surface area contributed by atoms with Gasteiger partial charge in [-0.25, -0.2) is 0 Å². The van der Waals surface area contributed by atoms with Crippen LogP contribution < -0.4 is 9.50 Å². The molecule has 33 heavy (non-hydrogen) atoms. The fourth-order valence-electron chi connectivity index (χ4n) is 4.38. The molecular weight excluding hydrogens is 436 g/mol. The van der Waals surface area contributed by atoms with Crippen LogP contribution in [-0.2, 0) is 21.3 Å². The summed E-state index contributed by atoms with van der Waals surface area (Å²) in [6, 6.07) is 8.16. The van der Waals surface area contributed by atoms with E-state index in [1.807, 2.05) is 19.1 Å². The Labute approximate surface area is 201 Å². The summed E-state index contributed by atoms with van der Waals surface area (Å²) in [4.78, 5) is 14.2. The van der Waals surface area contributed by atoms with E-state index in [9.17, 15) is 13.2 Å². The highest BCUT2D eigenvalue weighted by Gasteiger charge is 2.17. The van der Waals surface area contributed by atoms with Gasteiger partial charge >= 0.3 is 10.1 Å². The molecular formula is C26H44N2O4S. The average Bonchev–Trinajstić information content (AvgIpc) is 2.99. The summed E-state index contributed by atoms with van der Waals surface area (Å²) in [5.74, 6) is 0.768. The first kappa shape index (κ1) is 27.6. The first-order valence-corrected chi connectivity index (χ1v) is 14.5. The lowest BCUT2D eigenvalue weighted by molar-refractivity contribution is -0.130. The van der Waals surface area contributed by atoms with E-state index in [4.69, 9.17) is 4.18 Å². The van der Waals surface area contributed by atoms with Crippen molar-refractivity contribution in [3.05, 3.63) is 29.8 Å². The Kier molecular flexibility index (Phi) is 12.2. The molecule has 0 radical (unpaired) electrons. The van der Waals surface area contributed by atoms with Crippen LogP contribution in [0.2, 0.25) is 0 Å². The molecule has 1 aromatic rings. The summed E-state index contributed by atoms with van der Waals surface area (Å²) in [6.45, 7) is 8.20. The van der Waals surface area contributed by atoms with Crippen molar-refractivity contribution >= 4 is 16.0 Å². The standard InChI is InChI=1S/C26H44N2O4S/c1-4-6-20-33(30,31)32-25-16-14-23(15-17-25)21-22(3)27-24(5-2)12-9-11-19-28-18-10-7-8-13-26(28)29/h14-17,22,24,27H,4-13,18-21H2,1-3H3. The Hall–Kier alpha value is -1.60. The third kappa shape index (κ3) is 10.9. The zero-order valence-corrected chi connectivity index (χ0v) is 21.7. The molecule has 2 atom stereocenters. The molecule has 2 unspecified atom stereocenters. The molecule has 188 valence electrons. The van der Waals surface area contributed by atoms with Gasteiger partial charge in [0, 0.05) is 31.6 Å². The number of amides is 1. The summed E-state index contributed by atoms with van der Waals surface area (Å²) in [7, 11) is -3.51. The van der Waals surface area contributed by atoms with E-state index in [-0.39, 0.29) is 5.75 Å². The molecule has 6 nitrogen and oxygen atoms in total. The number of hydrogen-bond acceptors (Lipinski definition) is 5. The van der Waals surface area contributed by atoms with Gasteiger partial charge in [-0.05, 0) is 69.6 Å². The van der Waals surface area contributed by atoms with Crippen molar-refractivity contribution in [2.75, 3.05) is 18.8 Å².